The van der Waals surface area contributed by atoms with Crippen LogP contribution >= 0.6 is 11.6 Å². The van der Waals surface area contributed by atoms with Crippen molar-refractivity contribution in [2.24, 2.45) is 0 Å². The van der Waals surface area contributed by atoms with Gasteiger partial charge in [0.2, 0.25) is 0 Å². The molecule has 0 atom stereocenters. The minimum Gasteiger partial charge on any atom is -0.505 e. The average molecular weight is 160 g/mol. The van der Waals surface area contributed by atoms with Crippen LogP contribution in [0.1, 0.15) is 5.69 Å². The molecule has 10 heavy (non-hydrogen) atoms. The molecule has 1 aromatic rings. The summed E-state index contributed by atoms with van der Waals surface area (Å²) in [5.74, 6) is -0.0705. The molecule has 0 unspecified atom stereocenters. The Morgan fingerprint density at radius 3 is 2.70 bits per heavy atom. The SMILES string of the molecule is OCc1ccc(O)c(Cl)n1. The van der Waals surface area contributed by atoms with Crippen LogP contribution in [0.2, 0.25) is 5.15 Å². The van der Waals surface area contributed by atoms with Gasteiger partial charge in [0.1, 0.15) is 0 Å². The van der Waals surface area contributed by atoms with E-state index in [-0.39, 0.29) is 17.5 Å². The summed E-state index contributed by atoms with van der Waals surface area (Å²) in [7, 11) is 0. The van der Waals surface area contributed by atoms with Crippen LogP contribution in [-0.2, 0) is 6.61 Å². The monoisotopic (exact) mass is 159 g/mol. The fraction of sp³-hybridized carbons (Fsp3) is 0.167. The number of nitrogens with zero attached hydrogens (tertiary/aromatic N) is 1. The summed E-state index contributed by atoms with van der Waals surface area (Å²) in [6, 6.07) is 2.89. The van der Waals surface area contributed by atoms with Crippen molar-refractivity contribution in [1.82, 2.24) is 4.98 Å². The van der Waals surface area contributed by atoms with Crippen LogP contribution in [0, 0.1) is 0 Å². The molecular weight excluding hydrogens is 154 g/mol. The summed E-state index contributed by atoms with van der Waals surface area (Å²) in [6.45, 7) is -0.167. The summed E-state index contributed by atoms with van der Waals surface area (Å²) >= 11 is 5.42. The first-order chi connectivity index (χ1) is 4.74. The number of hydrogen-bond donors (Lipinski definition) is 2. The first kappa shape index (κ1) is 7.31. The largest absolute Gasteiger partial charge is 0.505 e. The van der Waals surface area contributed by atoms with Crippen LogP contribution in [0.5, 0.6) is 5.75 Å². The van der Waals surface area contributed by atoms with Crippen LogP contribution < -0.4 is 0 Å². The van der Waals surface area contributed by atoms with Crippen molar-refractivity contribution in [2.45, 2.75) is 6.61 Å². The molecule has 1 rings (SSSR count). The fourth-order valence-electron chi connectivity index (χ4n) is 0.553. The molecular formula is C6H6ClNO2. The molecule has 0 aliphatic carbocycles. The average Bonchev–Trinajstić information content (AvgIpc) is 1.95. The van der Waals surface area contributed by atoms with Crippen molar-refractivity contribution in [2.75, 3.05) is 0 Å². The van der Waals surface area contributed by atoms with E-state index in [0.29, 0.717) is 5.69 Å². The summed E-state index contributed by atoms with van der Waals surface area (Å²) in [6.07, 6.45) is 0. The Labute approximate surface area is 62.9 Å². The van der Waals surface area contributed by atoms with E-state index < -0.39 is 0 Å². The summed E-state index contributed by atoms with van der Waals surface area (Å²) < 4.78 is 0. The Bertz CT molecular complexity index is 239. The molecule has 4 heteroatoms. The van der Waals surface area contributed by atoms with E-state index in [9.17, 15) is 0 Å². The van der Waals surface area contributed by atoms with Gasteiger partial charge in [-0.15, -0.1) is 0 Å². The molecule has 0 aromatic carbocycles. The molecule has 54 valence electrons. The first-order valence-corrected chi connectivity index (χ1v) is 3.07. The van der Waals surface area contributed by atoms with Gasteiger partial charge >= 0.3 is 0 Å². The highest BCUT2D eigenvalue weighted by atomic mass is 35.5. The van der Waals surface area contributed by atoms with Gasteiger partial charge in [-0.25, -0.2) is 4.98 Å². The lowest BCUT2D eigenvalue weighted by Crippen LogP contribution is -1.87. The molecule has 0 aliphatic rings. The topological polar surface area (TPSA) is 53.4 Å². The van der Waals surface area contributed by atoms with Gasteiger partial charge in [-0.05, 0) is 12.1 Å². The van der Waals surface area contributed by atoms with Gasteiger partial charge in [0.05, 0.1) is 12.3 Å². The van der Waals surface area contributed by atoms with Gasteiger partial charge in [0.15, 0.2) is 10.9 Å². The van der Waals surface area contributed by atoms with Crippen LogP contribution in [0.25, 0.3) is 0 Å². The number of aromatic hydroxyl groups is 1. The summed E-state index contributed by atoms with van der Waals surface area (Å²) in [4.78, 5) is 3.66. The van der Waals surface area contributed by atoms with Crippen molar-refractivity contribution in [1.29, 1.82) is 0 Å². The highest BCUT2D eigenvalue weighted by Crippen LogP contribution is 2.19. The third-order valence-corrected chi connectivity index (χ3v) is 1.33. The number of halogens is 1. The van der Waals surface area contributed by atoms with Crippen molar-refractivity contribution in [3.8, 4) is 5.75 Å². The van der Waals surface area contributed by atoms with Gasteiger partial charge in [-0.1, -0.05) is 11.6 Å². The third kappa shape index (κ3) is 1.37. The number of hydrogen-bond acceptors (Lipinski definition) is 3. The minimum absolute atomic E-state index is 0.0200. The smallest absolute Gasteiger partial charge is 0.171 e. The number of pyridine rings is 1. The van der Waals surface area contributed by atoms with Crippen molar-refractivity contribution >= 4 is 11.6 Å². The molecule has 3 nitrogen and oxygen atoms in total. The van der Waals surface area contributed by atoms with Crippen molar-refractivity contribution in [3.05, 3.63) is 23.0 Å². The predicted octanol–water partition coefficient (Wildman–Crippen LogP) is 0.933. The number of rotatable bonds is 1. The quantitative estimate of drug-likeness (QED) is 0.600. The maximum absolute atomic E-state index is 8.86. The van der Waals surface area contributed by atoms with Gasteiger partial charge in [0, 0.05) is 0 Å². The van der Waals surface area contributed by atoms with Crippen LogP contribution in [-0.4, -0.2) is 15.2 Å². The predicted molar refractivity (Wildman–Crippen MR) is 36.8 cm³/mol. The zero-order valence-corrected chi connectivity index (χ0v) is 5.84. The van der Waals surface area contributed by atoms with Crippen LogP contribution in [0.3, 0.4) is 0 Å². The Balaban J connectivity index is 3.04. The molecule has 0 amide bonds. The molecule has 0 bridgehead atoms. The van der Waals surface area contributed by atoms with Gasteiger partial charge in [-0.3, -0.25) is 0 Å². The number of aliphatic hydroxyl groups is 1. The van der Waals surface area contributed by atoms with Crippen molar-refractivity contribution in [3.63, 3.8) is 0 Å². The number of aromatic nitrogens is 1. The second kappa shape index (κ2) is 2.86. The molecule has 0 radical (unpaired) electrons. The summed E-state index contributed by atoms with van der Waals surface area (Å²) in [5, 5.41) is 17.4. The molecule has 1 aromatic heterocycles. The lowest BCUT2D eigenvalue weighted by atomic mass is 10.3. The molecule has 0 fully saturated rings. The third-order valence-electron chi connectivity index (χ3n) is 1.05. The van der Waals surface area contributed by atoms with E-state index >= 15 is 0 Å². The molecule has 0 saturated heterocycles. The Kier molecular flexibility index (Phi) is 2.09. The summed E-state index contributed by atoms with van der Waals surface area (Å²) in [5.41, 5.74) is 0.447. The van der Waals surface area contributed by atoms with Gasteiger partial charge in [-0.2, -0.15) is 0 Å². The van der Waals surface area contributed by atoms with E-state index in [2.05, 4.69) is 4.98 Å². The van der Waals surface area contributed by atoms with Crippen LogP contribution in [0.15, 0.2) is 12.1 Å². The standard InChI is InChI=1S/C6H6ClNO2/c7-6-5(10)2-1-4(3-9)8-6/h1-2,9-10H,3H2. The van der Waals surface area contributed by atoms with E-state index in [1.165, 1.54) is 12.1 Å². The first-order valence-electron chi connectivity index (χ1n) is 2.69. The molecule has 0 saturated carbocycles. The fourth-order valence-corrected chi connectivity index (χ4v) is 0.724. The number of aliphatic hydroxyl groups excluding tert-OH is 1. The minimum atomic E-state index is -0.167. The van der Waals surface area contributed by atoms with E-state index in [4.69, 9.17) is 21.8 Å². The van der Waals surface area contributed by atoms with E-state index in [1.54, 1.807) is 0 Å². The molecule has 2 N–H and O–H groups in total. The lowest BCUT2D eigenvalue weighted by Gasteiger charge is -1.96. The highest BCUT2D eigenvalue weighted by Gasteiger charge is 1.98. The maximum Gasteiger partial charge on any atom is 0.171 e. The maximum atomic E-state index is 8.86. The normalized spacial score (nSPS) is 9.80. The van der Waals surface area contributed by atoms with E-state index in [0.717, 1.165) is 0 Å². The Hall–Kier alpha value is -0.800. The highest BCUT2D eigenvalue weighted by molar-refractivity contribution is 6.30. The second-order valence-corrected chi connectivity index (χ2v) is 2.13. The molecule has 0 aliphatic heterocycles. The second-order valence-electron chi connectivity index (χ2n) is 1.77. The zero-order valence-electron chi connectivity index (χ0n) is 5.08. The van der Waals surface area contributed by atoms with Crippen molar-refractivity contribution < 1.29 is 10.2 Å². The van der Waals surface area contributed by atoms with Crippen LogP contribution in [0.4, 0.5) is 0 Å². The molecule has 1 heterocycles. The van der Waals surface area contributed by atoms with Gasteiger partial charge < -0.3 is 10.2 Å². The van der Waals surface area contributed by atoms with Gasteiger partial charge in [0.25, 0.3) is 0 Å². The Morgan fingerprint density at radius 2 is 2.20 bits per heavy atom. The molecule has 0 spiro atoms. The zero-order chi connectivity index (χ0) is 7.56. The van der Waals surface area contributed by atoms with E-state index in [1.807, 2.05) is 0 Å². The Morgan fingerprint density at radius 1 is 1.50 bits per heavy atom. The lowest BCUT2D eigenvalue weighted by molar-refractivity contribution is 0.276.